The highest BCUT2D eigenvalue weighted by atomic mass is 35.7. The Morgan fingerprint density at radius 2 is 1.88 bits per heavy atom. The molecule has 4 nitrogen and oxygen atoms in total. The fraction of sp³-hybridized carbons (Fsp3) is 0.222. The average molecular weight is 315 g/mol. The predicted octanol–water partition coefficient (Wildman–Crippen LogP) is 2.22. The maximum atomic E-state index is 11.7. The zero-order chi connectivity index (χ0) is 13.0. The average Bonchev–Trinajstić information content (AvgIpc) is 2.39. The Labute approximate surface area is 112 Å². The molecule has 0 aromatic heterocycles. The highest BCUT2D eigenvalue weighted by molar-refractivity contribution is 8.13. The van der Waals surface area contributed by atoms with E-state index >= 15 is 0 Å². The van der Waals surface area contributed by atoms with E-state index in [4.69, 9.17) is 33.9 Å². The number of hydrogen-bond donors (Lipinski definition) is 0. The van der Waals surface area contributed by atoms with Gasteiger partial charge in [0.1, 0.15) is 0 Å². The molecule has 17 heavy (non-hydrogen) atoms. The summed E-state index contributed by atoms with van der Waals surface area (Å²) in [6.07, 6.45) is 0. The number of alkyl halides is 2. The standard InChI is InChI=1S/C9H6Cl3NO3S/c1-13-7-3-2-5(17(12,15)16)4-6(7)9(10,11)8(13)14/h2-4H,1H3. The lowest BCUT2D eigenvalue weighted by molar-refractivity contribution is -0.118. The van der Waals surface area contributed by atoms with Crippen molar-refractivity contribution in [2.24, 2.45) is 0 Å². The van der Waals surface area contributed by atoms with Gasteiger partial charge in [-0.05, 0) is 18.2 Å². The van der Waals surface area contributed by atoms with Gasteiger partial charge in [0.25, 0.3) is 15.0 Å². The largest absolute Gasteiger partial charge is 0.312 e. The van der Waals surface area contributed by atoms with Crippen LogP contribution in [0.2, 0.25) is 0 Å². The van der Waals surface area contributed by atoms with E-state index in [2.05, 4.69) is 0 Å². The summed E-state index contributed by atoms with van der Waals surface area (Å²) in [5.41, 5.74) is 0.680. The summed E-state index contributed by atoms with van der Waals surface area (Å²) < 4.78 is 20.6. The first-order valence-corrected chi connectivity index (χ1v) is 7.47. The Balaban J connectivity index is 2.71. The second-order valence-electron chi connectivity index (χ2n) is 3.56. The van der Waals surface area contributed by atoms with Gasteiger partial charge in [-0.25, -0.2) is 8.42 Å². The zero-order valence-corrected chi connectivity index (χ0v) is 11.5. The van der Waals surface area contributed by atoms with E-state index in [1.54, 1.807) is 0 Å². The minimum absolute atomic E-state index is 0.147. The number of carbonyl (C=O) groups excluding carboxylic acids is 1. The molecule has 0 atom stereocenters. The van der Waals surface area contributed by atoms with Crippen molar-refractivity contribution in [1.82, 2.24) is 0 Å². The van der Waals surface area contributed by atoms with Gasteiger partial charge in [0.05, 0.1) is 10.6 Å². The van der Waals surface area contributed by atoms with Crippen LogP contribution >= 0.6 is 33.9 Å². The van der Waals surface area contributed by atoms with Gasteiger partial charge in [-0.15, -0.1) is 0 Å². The molecule has 0 N–H and O–H groups in total. The van der Waals surface area contributed by atoms with E-state index in [0.29, 0.717) is 5.69 Å². The van der Waals surface area contributed by atoms with Crippen LogP contribution in [0, 0.1) is 0 Å². The van der Waals surface area contributed by atoms with Crippen LogP contribution in [0.3, 0.4) is 0 Å². The maximum absolute atomic E-state index is 11.7. The molecule has 1 amide bonds. The van der Waals surface area contributed by atoms with Crippen LogP contribution in [-0.4, -0.2) is 21.4 Å². The third kappa shape index (κ3) is 1.91. The molecule has 0 radical (unpaired) electrons. The van der Waals surface area contributed by atoms with Crippen molar-refractivity contribution < 1.29 is 13.2 Å². The lowest BCUT2D eigenvalue weighted by Crippen LogP contribution is -2.29. The van der Waals surface area contributed by atoms with Gasteiger partial charge in [0.2, 0.25) is 4.33 Å². The zero-order valence-electron chi connectivity index (χ0n) is 8.45. The van der Waals surface area contributed by atoms with Gasteiger partial charge in [-0.1, -0.05) is 23.2 Å². The van der Waals surface area contributed by atoms with E-state index in [9.17, 15) is 13.2 Å². The van der Waals surface area contributed by atoms with Crippen molar-refractivity contribution in [3.8, 4) is 0 Å². The summed E-state index contributed by atoms with van der Waals surface area (Å²) in [6.45, 7) is 0. The van der Waals surface area contributed by atoms with Gasteiger partial charge in [0, 0.05) is 23.3 Å². The van der Waals surface area contributed by atoms with Crippen LogP contribution in [0.25, 0.3) is 0 Å². The van der Waals surface area contributed by atoms with E-state index < -0.39 is 19.3 Å². The molecule has 0 spiro atoms. The quantitative estimate of drug-likeness (QED) is 0.590. The molecule has 0 bridgehead atoms. The molecule has 8 heteroatoms. The van der Waals surface area contributed by atoms with Gasteiger partial charge in [-0.2, -0.15) is 0 Å². The summed E-state index contributed by atoms with van der Waals surface area (Å²) in [5.74, 6) is -0.528. The Bertz CT molecular complexity index is 612. The van der Waals surface area contributed by atoms with Crippen molar-refractivity contribution in [2.75, 3.05) is 11.9 Å². The van der Waals surface area contributed by atoms with Crippen LogP contribution in [0.5, 0.6) is 0 Å². The first kappa shape index (κ1) is 13.0. The number of nitrogens with zero attached hydrogens (tertiary/aromatic N) is 1. The lowest BCUT2D eigenvalue weighted by Gasteiger charge is -2.11. The van der Waals surface area contributed by atoms with Crippen molar-refractivity contribution in [1.29, 1.82) is 0 Å². The van der Waals surface area contributed by atoms with Gasteiger partial charge < -0.3 is 4.90 Å². The van der Waals surface area contributed by atoms with Crippen LogP contribution in [0.1, 0.15) is 5.56 Å². The Morgan fingerprint density at radius 3 is 2.41 bits per heavy atom. The molecule has 1 aromatic rings. The SMILES string of the molecule is CN1C(=O)C(Cl)(Cl)c2cc(S(=O)(=O)Cl)ccc21. The van der Waals surface area contributed by atoms with E-state index in [0.717, 1.165) is 0 Å². The highest BCUT2D eigenvalue weighted by Gasteiger charge is 2.47. The monoisotopic (exact) mass is 313 g/mol. The number of rotatable bonds is 1. The predicted molar refractivity (Wildman–Crippen MR) is 66.3 cm³/mol. The first-order chi connectivity index (χ1) is 7.65. The number of anilines is 1. The Hall–Kier alpha value is -0.490. The number of carbonyl (C=O) groups is 1. The molecule has 0 aliphatic carbocycles. The van der Waals surface area contributed by atoms with E-state index in [1.807, 2.05) is 0 Å². The van der Waals surface area contributed by atoms with Crippen LogP contribution in [-0.2, 0) is 18.2 Å². The number of amides is 1. The van der Waals surface area contributed by atoms with Gasteiger partial charge in [0.15, 0.2) is 0 Å². The third-order valence-corrected chi connectivity index (χ3v) is 4.60. The summed E-state index contributed by atoms with van der Waals surface area (Å²) in [5, 5.41) is 0. The van der Waals surface area contributed by atoms with Crippen molar-refractivity contribution >= 4 is 54.5 Å². The Kier molecular flexibility index (Phi) is 2.86. The van der Waals surface area contributed by atoms with Crippen LogP contribution in [0.4, 0.5) is 5.69 Å². The van der Waals surface area contributed by atoms with Gasteiger partial charge in [-0.3, -0.25) is 4.79 Å². The topological polar surface area (TPSA) is 54.5 Å². The normalized spacial score (nSPS) is 18.4. The molecule has 2 rings (SSSR count). The molecular weight excluding hydrogens is 309 g/mol. The fourth-order valence-corrected chi connectivity index (χ4v) is 2.98. The molecule has 1 aliphatic rings. The van der Waals surface area contributed by atoms with Crippen molar-refractivity contribution in [3.63, 3.8) is 0 Å². The third-order valence-electron chi connectivity index (χ3n) is 2.52. The number of halogens is 3. The molecule has 0 saturated heterocycles. The van der Waals surface area contributed by atoms with Crippen LogP contribution < -0.4 is 4.90 Å². The molecule has 1 heterocycles. The molecule has 0 saturated carbocycles. The summed E-state index contributed by atoms with van der Waals surface area (Å²) in [6, 6.07) is 3.94. The van der Waals surface area contributed by atoms with Crippen molar-refractivity contribution in [2.45, 2.75) is 9.23 Å². The fourth-order valence-electron chi connectivity index (χ4n) is 1.65. The minimum atomic E-state index is -3.88. The lowest BCUT2D eigenvalue weighted by atomic mass is 10.1. The summed E-state index contributed by atoms with van der Waals surface area (Å²) in [4.78, 5) is 12.8. The number of benzene rings is 1. The second kappa shape index (κ2) is 3.75. The smallest absolute Gasteiger partial charge is 0.267 e. The second-order valence-corrected chi connectivity index (χ2v) is 7.45. The number of likely N-dealkylation sites (N-methyl/N-ethyl adjacent to an activating group) is 1. The summed E-state index contributed by atoms with van der Waals surface area (Å²) >= 11 is 11.8. The maximum Gasteiger partial charge on any atom is 0.267 e. The molecule has 1 aromatic carbocycles. The highest BCUT2D eigenvalue weighted by Crippen LogP contribution is 2.47. The molecule has 92 valence electrons. The summed E-state index contributed by atoms with van der Waals surface area (Å²) in [7, 11) is 2.83. The first-order valence-electron chi connectivity index (χ1n) is 4.41. The van der Waals surface area contributed by atoms with Crippen LogP contribution in [0.15, 0.2) is 23.1 Å². The number of fused-ring (bicyclic) bond motifs is 1. The molecular formula is C9H6Cl3NO3S. The Morgan fingerprint density at radius 1 is 1.29 bits per heavy atom. The van der Waals surface area contributed by atoms with Crippen molar-refractivity contribution in [3.05, 3.63) is 23.8 Å². The molecule has 0 unspecified atom stereocenters. The van der Waals surface area contributed by atoms with E-state index in [1.165, 1.54) is 30.1 Å². The van der Waals surface area contributed by atoms with E-state index in [-0.39, 0.29) is 10.5 Å². The number of hydrogen-bond acceptors (Lipinski definition) is 3. The molecule has 1 aliphatic heterocycles. The van der Waals surface area contributed by atoms with Gasteiger partial charge >= 0.3 is 0 Å². The minimum Gasteiger partial charge on any atom is -0.312 e. The molecule has 0 fully saturated rings.